The first kappa shape index (κ1) is 46.5. The average Bonchev–Trinajstić information content (AvgIpc) is 3.56. The second-order valence-electron chi connectivity index (χ2n) is 16.5. The number of carbonyl (C=O) groups is 1. The molecule has 1 unspecified atom stereocenters. The van der Waals surface area contributed by atoms with E-state index in [0.717, 1.165) is 29.5 Å². The fourth-order valence-electron chi connectivity index (χ4n) is 9.11. The van der Waals surface area contributed by atoms with Gasteiger partial charge in [0.1, 0.15) is 21.2 Å². The zero-order valence-corrected chi connectivity index (χ0v) is 38.7. The highest BCUT2D eigenvalue weighted by molar-refractivity contribution is 7.95. The molecule has 0 fully saturated rings. The van der Waals surface area contributed by atoms with Crippen LogP contribution < -0.4 is 4.90 Å². The minimum atomic E-state index is -4.91. The maximum Gasteiger partial charge on any atom is 0.335 e. The number of aromatic carboxylic acids is 1. The van der Waals surface area contributed by atoms with Gasteiger partial charge in [-0.25, -0.2) is 9.00 Å². The van der Waals surface area contributed by atoms with Crippen LogP contribution in [-0.2, 0) is 51.0 Å². The average molecular weight is 950 g/mol. The van der Waals surface area contributed by atoms with Crippen LogP contribution in [0.3, 0.4) is 0 Å². The number of nitrogens with zero attached hydrogens (tertiary/aromatic N) is 2. The molecule has 0 aliphatic carbocycles. The van der Waals surface area contributed by atoms with Crippen molar-refractivity contribution in [2.45, 2.75) is 72.0 Å². The van der Waals surface area contributed by atoms with E-state index in [1.807, 2.05) is 75.3 Å². The van der Waals surface area contributed by atoms with E-state index in [4.69, 9.17) is 0 Å². The lowest BCUT2D eigenvalue weighted by atomic mass is 9.78. The van der Waals surface area contributed by atoms with E-state index >= 15 is 0 Å². The number of hydrogen-bond acceptors (Lipinski definition) is 9. The van der Waals surface area contributed by atoms with E-state index in [0.29, 0.717) is 57.6 Å². The zero-order valence-electron chi connectivity index (χ0n) is 35.4. The third-order valence-electron chi connectivity index (χ3n) is 11.9. The van der Waals surface area contributed by atoms with E-state index in [9.17, 15) is 57.6 Å². The molecule has 0 spiro atoms. The Morgan fingerprint density at radius 1 is 0.688 bits per heavy atom. The summed E-state index contributed by atoms with van der Waals surface area (Å²) in [6.45, 7) is 12.2. The largest absolute Gasteiger partial charge is 0.478 e. The zero-order chi connectivity index (χ0) is 47.3. The van der Waals surface area contributed by atoms with Crippen LogP contribution in [0.5, 0.6) is 0 Å². The maximum absolute atomic E-state index is 13.2. The van der Waals surface area contributed by atoms with Gasteiger partial charge in [-0.2, -0.15) is 29.8 Å². The van der Waals surface area contributed by atoms with E-state index in [2.05, 4.69) is 5.87 Å². The Morgan fingerprint density at radius 3 is 1.70 bits per heavy atom. The number of likely N-dealkylation sites (N-methyl/N-ethyl adjacent to an activating group) is 1. The lowest BCUT2D eigenvalue weighted by Crippen LogP contribution is -2.27. The molecule has 0 aromatic heterocycles. The summed E-state index contributed by atoms with van der Waals surface area (Å²) < 4.78 is 130. The van der Waals surface area contributed by atoms with E-state index in [1.165, 1.54) is 42.5 Å². The standard InChI is InChI=1S/C45H44N2O13S4/c1-8-46-35-24-37(61(7,50)51)33-22-29(62(52,53)54)16-18-31(33)41(35)44(3,4)39(46)20-14-27(26-10-12-28(13-11-26)43(48)49)15-21-40-45(5,6)42-32-19-17-30(63(55,56)57)23-34(32)38(64(58,59)60)25-36(42)47(40)9-2/h10-25H,7-9H2,1-6H3,(H4-,48,49,50,51,52,53,54,55,56,57,58,59,60)/p+1. The molecule has 19 heteroatoms. The van der Waals surface area contributed by atoms with Crippen LogP contribution in [0.1, 0.15) is 68.6 Å². The molecule has 64 heavy (non-hydrogen) atoms. The summed E-state index contributed by atoms with van der Waals surface area (Å²) in [6, 6.07) is 16.5. The van der Waals surface area contributed by atoms with Crippen molar-refractivity contribution in [3.8, 4) is 0 Å². The molecule has 2 heterocycles. The third-order valence-corrected chi connectivity index (χ3v) is 15.6. The first-order chi connectivity index (χ1) is 29.5. The van der Waals surface area contributed by atoms with Gasteiger partial charge in [0.05, 0.1) is 25.7 Å². The molecule has 15 nitrogen and oxygen atoms in total. The van der Waals surface area contributed by atoms with Crippen molar-refractivity contribution in [3.63, 3.8) is 0 Å². The van der Waals surface area contributed by atoms with Gasteiger partial charge >= 0.3 is 5.97 Å². The van der Waals surface area contributed by atoms with E-state index < -0.39 is 71.6 Å². The van der Waals surface area contributed by atoms with Crippen LogP contribution in [0.4, 0.5) is 11.4 Å². The molecule has 336 valence electrons. The quantitative estimate of drug-likeness (QED) is 0.0369. The van der Waals surface area contributed by atoms with Crippen molar-refractivity contribution in [1.82, 2.24) is 0 Å². The Bertz CT molecular complexity index is 3480. The number of carboxylic acids is 1. The van der Waals surface area contributed by atoms with Gasteiger partial charge in [-0.3, -0.25) is 13.7 Å². The van der Waals surface area contributed by atoms with Gasteiger partial charge < -0.3 is 14.6 Å². The summed E-state index contributed by atoms with van der Waals surface area (Å²) in [5.41, 5.74) is 3.39. The van der Waals surface area contributed by atoms with Gasteiger partial charge in [0.2, 0.25) is 5.69 Å². The molecule has 5 aromatic rings. The maximum atomic E-state index is 13.2. The highest BCUT2D eigenvalue weighted by atomic mass is 32.2. The first-order valence-corrected chi connectivity index (χ1v) is 25.6. The topological polar surface area (TPSA) is 244 Å². The molecule has 2 aliphatic heterocycles. The number of carboxylic acid groups (broad SMARTS) is 1. The van der Waals surface area contributed by atoms with Crippen molar-refractivity contribution in [2.75, 3.05) is 18.0 Å². The molecule has 0 radical (unpaired) electrons. The molecule has 2 aliphatic rings. The Morgan fingerprint density at radius 2 is 1.22 bits per heavy atom. The summed E-state index contributed by atoms with van der Waals surface area (Å²) in [6.07, 6.45) is 7.38. The number of benzene rings is 5. The minimum Gasteiger partial charge on any atom is -0.478 e. The van der Waals surface area contributed by atoms with E-state index in [-0.39, 0.29) is 21.2 Å². The van der Waals surface area contributed by atoms with Gasteiger partial charge in [0, 0.05) is 51.8 Å². The monoisotopic (exact) mass is 949 g/mol. The Balaban J connectivity index is 1.44. The molecule has 1 atom stereocenters. The third kappa shape index (κ3) is 7.89. The normalized spacial score (nSPS) is 18.0. The predicted octanol–water partition coefficient (Wildman–Crippen LogP) is 7.72. The molecular weight excluding hydrogens is 905 g/mol. The number of rotatable bonds is 11. The SMILES string of the molecule is C=S(=O)(O)c1cc2c(c3ccc(S(=O)(=O)O)cc13)C(C)(C)\C(=C/C=C(/C=C/C1=[N+](CC)c3cc(S(=O)(=O)O)c4cc(S(=O)(=O)O)ccc4c3C1(C)C)c1ccc(C(=O)O)cc1)N2CC. The van der Waals surface area contributed by atoms with Crippen molar-refractivity contribution in [2.24, 2.45) is 0 Å². The van der Waals surface area contributed by atoms with Crippen molar-refractivity contribution in [3.05, 3.63) is 125 Å². The lowest BCUT2D eigenvalue weighted by Gasteiger charge is -2.26. The molecule has 0 saturated heterocycles. The fourth-order valence-corrected chi connectivity index (χ4v) is 11.6. The fraction of sp³-hybridized carbons (Fsp3) is 0.222. The number of anilines is 1. The molecular formula is C45H45N2O13S4+. The smallest absolute Gasteiger partial charge is 0.335 e. The van der Waals surface area contributed by atoms with E-state index in [1.54, 1.807) is 12.1 Å². The van der Waals surface area contributed by atoms with Gasteiger partial charge in [-0.15, -0.1) is 0 Å². The van der Waals surface area contributed by atoms with Gasteiger partial charge in [0.15, 0.2) is 5.71 Å². The predicted molar refractivity (Wildman–Crippen MR) is 247 cm³/mol. The summed E-state index contributed by atoms with van der Waals surface area (Å²) in [5, 5.41) is 10.5. The lowest BCUT2D eigenvalue weighted by molar-refractivity contribution is -0.433. The van der Waals surface area contributed by atoms with Crippen LogP contribution in [0.15, 0.2) is 122 Å². The molecule has 5 aromatic carbocycles. The van der Waals surface area contributed by atoms with Gasteiger partial charge in [-0.05, 0) is 116 Å². The molecule has 5 N–H and O–H groups in total. The first-order valence-electron chi connectivity index (χ1n) is 19.6. The highest BCUT2D eigenvalue weighted by Gasteiger charge is 2.47. The minimum absolute atomic E-state index is 0.0539. The van der Waals surface area contributed by atoms with Crippen molar-refractivity contribution in [1.29, 1.82) is 0 Å². The van der Waals surface area contributed by atoms with Crippen molar-refractivity contribution < 1.29 is 62.1 Å². The van der Waals surface area contributed by atoms with Crippen LogP contribution in [0.25, 0.3) is 27.1 Å². The van der Waals surface area contributed by atoms with Crippen molar-refractivity contribution >= 4 is 96.2 Å². The second kappa shape index (κ2) is 15.6. The van der Waals surface area contributed by atoms with Crippen LogP contribution >= 0.6 is 0 Å². The summed E-state index contributed by atoms with van der Waals surface area (Å²) in [5.74, 6) is 2.34. The summed E-state index contributed by atoms with van der Waals surface area (Å²) in [4.78, 5) is 12.1. The molecule has 7 rings (SSSR count). The number of fused-ring (bicyclic) bond motifs is 6. The molecule has 0 bridgehead atoms. The highest BCUT2D eigenvalue weighted by Crippen LogP contribution is 2.53. The van der Waals surface area contributed by atoms with Gasteiger partial charge in [-0.1, -0.05) is 44.2 Å². The Kier molecular flexibility index (Phi) is 11.3. The number of allylic oxidation sites excluding steroid dienone is 6. The molecule has 0 amide bonds. The van der Waals surface area contributed by atoms with Gasteiger partial charge in [0.25, 0.3) is 30.4 Å². The van der Waals surface area contributed by atoms with Crippen LogP contribution in [-0.4, -0.2) is 88.0 Å². The number of hydrogen-bond donors (Lipinski definition) is 5. The Hall–Kier alpha value is -5.51. The summed E-state index contributed by atoms with van der Waals surface area (Å²) in [7, 11) is -18.2. The summed E-state index contributed by atoms with van der Waals surface area (Å²) >= 11 is 0. The molecule has 0 saturated carbocycles. The van der Waals surface area contributed by atoms with Crippen LogP contribution in [0, 0.1) is 0 Å². The van der Waals surface area contributed by atoms with Crippen LogP contribution in [0.2, 0.25) is 0 Å². The Labute approximate surface area is 371 Å². The second-order valence-corrected chi connectivity index (χ2v) is 22.5.